The van der Waals surface area contributed by atoms with Crippen molar-refractivity contribution in [2.45, 2.75) is 49.2 Å². The lowest BCUT2D eigenvalue weighted by Gasteiger charge is -2.50. The number of β-lactam (4-membered cyclic amide) rings is 1. The number of benzene rings is 2. The van der Waals surface area contributed by atoms with Crippen LogP contribution < -0.4 is 20.5 Å². The molecule has 41 heavy (non-hydrogen) atoms. The van der Waals surface area contributed by atoms with Gasteiger partial charge in [0.1, 0.15) is 24.6 Å². The third-order valence-electron chi connectivity index (χ3n) is 6.39. The van der Waals surface area contributed by atoms with Crippen LogP contribution in [0.15, 0.2) is 48.5 Å². The van der Waals surface area contributed by atoms with Gasteiger partial charge in [0, 0.05) is 13.8 Å². The molecule has 3 N–H and O–H groups in total. The number of nitrogens with zero attached hydrogens (tertiary/aromatic N) is 1. The number of hydrogen-bond donors (Lipinski definition) is 2. The van der Waals surface area contributed by atoms with Gasteiger partial charge in [-0.25, -0.2) is 9.59 Å². The van der Waals surface area contributed by atoms with E-state index >= 15 is 0 Å². The molecule has 0 saturated carbocycles. The maximum Gasteiger partial charge on any atom is 0.338 e. The molecule has 2 aromatic rings. The molecule has 4 atom stereocenters. The molecule has 14 heteroatoms. The second-order valence-corrected chi connectivity index (χ2v) is 11.2. The topological polar surface area (TPSA) is 181 Å². The molecule has 0 spiro atoms. The number of amides is 2. The van der Waals surface area contributed by atoms with E-state index in [-0.39, 0.29) is 30.3 Å². The molecule has 2 heterocycles. The monoisotopic (exact) mass is 585 g/mol. The fourth-order valence-corrected chi connectivity index (χ4v) is 6.17. The summed E-state index contributed by atoms with van der Waals surface area (Å²) >= 11 is 1.08. The van der Waals surface area contributed by atoms with Gasteiger partial charge in [0.2, 0.25) is 6.41 Å². The van der Waals surface area contributed by atoms with Crippen LogP contribution in [0.1, 0.15) is 36.7 Å². The minimum atomic E-state index is -1.75. The highest BCUT2D eigenvalue weighted by Gasteiger charge is 2.72. The molecule has 2 aliphatic rings. The zero-order valence-corrected chi connectivity index (χ0v) is 23.1. The molecular formula is C27H27N3O10S. The second kappa shape index (κ2) is 11.6. The van der Waals surface area contributed by atoms with Gasteiger partial charge in [0.25, 0.3) is 5.91 Å². The molecule has 2 amide bonds. The summed E-state index contributed by atoms with van der Waals surface area (Å²) in [6.45, 7) is 3.49. The van der Waals surface area contributed by atoms with Crippen LogP contribution in [-0.4, -0.2) is 69.5 Å². The maximum absolute atomic E-state index is 13.3. The number of nitrogens with one attached hydrogen (secondary N) is 1. The van der Waals surface area contributed by atoms with Crippen molar-refractivity contribution in [3.63, 3.8) is 0 Å². The van der Waals surface area contributed by atoms with Crippen LogP contribution in [0.4, 0.5) is 0 Å². The Bertz CT molecular complexity index is 1400. The van der Waals surface area contributed by atoms with E-state index in [2.05, 4.69) is 5.32 Å². The molecule has 216 valence electrons. The molecule has 0 aliphatic carbocycles. The minimum absolute atomic E-state index is 0.0397. The van der Waals surface area contributed by atoms with Gasteiger partial charge in [0.05, 0.1) is 10.3 Å². The summed E-state index contributed by atoms with van der Waals surface area (Å²) in [5.41, 5.74) is 5.08. The summed E-state index contributed by atoms with van der Waals surface area (Å²) in [6, 6.07) is 11.5. The number of thioether (sulfide) groups is 1. The van der Waals surface area contributed by atoms with E-state index in [0.717, 1.165) is 31.2 Å². The molecule has 4 rings (SSSR count). The Hall–Kier alpha value is -4.43. The maximum atomic E-state index is 13.3. The first-order chi connectivity index (χ1) is 19.4. The molecule has 0 bridgehead atoms. The Morgan fingerprint density at radius 2 is 1.68 bits per heavy atom. The minimum Gasteiger partial charge on any atom is -0.461 e. The number of hydrogen-bond acceptors (Lipinski definition) is 12. The number of esters is 4. The van der Waals surface area contributed by atoms with Crippen molar-refractivity contribution in [3.8, 4) is 11.5 Å². The Kier molecular flexibility index (Phi) is 8.35. The Morgan fingerprint density at radius 1 is 1.02 bits per heavy atom. The molecule has 2 aromatic carbocycles. The number of ether oxygens (including phenoxy) is 4. The van der Waals surface area contributed by atoms with E-state index < -0.39 is 51.6 Å². The van der Waals surface area contributed by atoms with Crippen molar-refractivity contribution in [2.75, 3.05) is 6.61 Å². The van der Waals surface area contributed by atoms with Gasteiger partial charge in [-0.3, -0.25) is 24.9 Å². The van der Waals surface area contributed by atoms with Gasteiger partial charge < -0.3 is 29.2 Å². The summed E-state index contributed by atoms with van der Waals surface area (Å²) in [5, 5.41) is 1.48. The fourth-order valence-electron chi connectivity index (χ4n) is 4.51. The van der Waals surface area contributed by atoms with Crippen LogP contribution in [0, 0.1) is 0 Å². The highest BCUT2D eigenvalue weighted by Crippen LogP contribution is 2.53. The van der Waals surface area contributed by atoms with E-state index in [9.17, 15) is 28.8 Å². The van der Waals surface area contributed by atoms with Crippen molar-refractivity contribution >= 4 is 48.0 Å². The molecule has 2 aliphatic heterocycles. The Balaban J connectivity index is 1.55. The number of fused-ring (bicyclic) bond motifs is 1. The van der Waals surface area contributed by atoms with Crippen LogP contribution in [0.3, 0.4) is 0 Å². The van der Waals surface area contributed by atoms with Gasteiger partial charge in [0.15, 0.2) is 17.2 Å². The lowest BCUT2D eigenvalue weighted by molar-refractivity contribution is -0.171. The van der Waals surface area contributed by atoms with Crippen LogP contribution in [0.25, 0.3) is 0 Å². The first-order valence-electron chi connectivity index (χ1n) is 12.3. The van der Waals surface area contributed by atoms with Gasteiger partial charge in [-0.05, 0) is 30.7 Å². The van der Waals surface area contributed by atoms with Gasteiger partial charge in [-0.1, -0.05) is 30.3 Å². The lowest BCUT2D eigenvalue weighted by Crippen LogP contribution is -2.83. The molecule has 2 saturated heterocycles. The first-order valence-corrected chi connectivity index (χ1v) is 13.2. The quantitative estimate of drug-likeness (QED) is 0.132. The molecule has 13 nitrogen and oxygen atoms in total. The number of carbonyl (C=O) groups excluding carboxylic acids is 6. The van der Waals surface area contributed by atoms with E-state index in [1.54, 1.807) is 31.2 Å². The third-order valence-corrected chi connectivity index (χ3v) is 8.09. The first kappa shape index (κ1) is 29.6. The van der Waals surface area contributed by atoms with Crippen LogP contribution in [0.2, 0.25) is 0 Å². The van der Waals surface area contributed by atoms with Crippen molar-refractivity contribution in [2.24, 2.45) is 5.73 Å². The molecular weight excluding hydrogens is 558 g/mol. The predicted molar refractivity (Wildman–Crippen MR) is 142 cm³/mol. The predicted octanol–water partition coefficient (Wildman–Crippen LogP) is 0.881. The fraction of sp³-hybridized carbons (Fsp3) is 0.333. The van der Waals surface area contributed by atoms with Gasteiger partial charge in [-0.15, -0.1) is 11.8 Å². The van der Waals surface area contributed by atoms with Crippen molar-refractivity contribution in [1.82, 2.24) is 10.2 Å². The highest BCUT2D eigenvalue weighted by molar-refractivity contribution is 8.01. The summed E-state index contributed by atoms with van der Waals surface area (Å²) in [6.07, 6.45) is 0.300. The van der Waals surface area contributed by atoms with Crippen LogP contribution in [0.5, 0.6) is 11.5 Å². The lowest BCUT2D eigenvalue weighted by atomic mass is 9.91. The van der Waals surface area contributed by atoms with E-state index in [4.69, 9.17) is 24.7 Å². The molecule has 1 unspecified atom stereocenters. The molecule has 0 aromatic heterocycles. The number of carbonyl (C=O) groups is 6. The number of nitrogens with two attached hydrogens (primary N) is 1. The van der Waals surface area contributed by atoms with Gasteiger partial charge >= 0.3 is 23.9 Å². The smallest absolute Gasteiger partial charge is 0.338 e. The second-order valence-electron chi connectivity index (χ2n) is 9.55. The Labute approximate surface area is 238 Å². The summed E-state index contributed by atoms with van der Waals surface area (Å²) in [4.78, 5) is 74.6. The SMILES string of the molecule is CC(=O)Oc1ccc(C(=O)OC[C@]2(C)S[C@H]3N(C(=O)[C@]3(N)NC=O)C2C(=O)OCc2ccccc2)cc1OC(C)=O. The van der Waals surface area contributed by atoms with Crippen LogP contribution in [-0.2, 0) is 40.1 Å². The molecule has 2 fully saturated rings. The van der Waals surface area contributed by atoms with Gasteiger partial charge in [-0.2, -0.15) is 0 Å². The van der Waals surface area contributed by atoms with Crippen molar-refractivity contribution in [3.05, 3.63) is 59.7 Å². The largest absolute Gasteiger partial charge is 0.461 e. The van der Waals surface area contributed by atoms with Crippen molar-refractivity contribution in [1.29, 1.82) is 0 Å². The summed E-state index contributed by atoms with van der Waals surface area (Å²) in [7, 11) is 0. The zero-order chi connectivity index (χ0) is 29.9. The normalized spacial score (nSPS) is 24.4. The third kappa shape index (κ3) is 5.88. The highest BCUT2D eigenvalue weighted by atomic mass is 32.2. The number of rotatable bonds is 10. The van der Waals surface area contributed by atoms with Crippen molar-refractivity contribution < 1.29 is 47.7 Å². The van der Waals surface area contributed by atoms with Crippen LogP contribution >= 0.6 is 11.8 Å². The summed E-state index contributed by atoms with van der Waals surface area (Å²) < 4.78 is 19.9. The van der Waals surface area contributed by atoms with E-state index in [0.29, 0.717) is 6.41 Å². The zero-order valence-electron chi connectivity index (χ0n) is 22.3. The average Bonchev–Trinajstić information content (AvgIpc) is 3.23. The standard InChI is InChI=1S/C27H27N3O10S/c1-15(32)39-19-10-9-18(11-20(19)40-16(2)33)22(34)38-13-26(3)21(23(35)37-12-17-7-5-4-6-8-17)30-24(36)27(28,29-14-31)25(30)41-26/h4-11,14,21,25H,12-13,28H2,1-3H3,(H,29,31)/t21?,25-,26+,27+/m1/s1. The summed E-state index contributed by atoms with van der Waals surface area (Å²) in [5.74, 6) is -3.90. The Morgan fingerprint density at radius 3 is 2.32 bits per heavy atom. The average molecular weight is 586 g/mol. The van der Waals surface area contributed by atoms with E-state index in [1.165, 1.54) is 23.1 Å². The van der Waals surface area contributed by atoms with E-state index in [1.807, 2.05) is 6.07 Å². The molecule has 0 radical (unpaired) electrons.